The Balaban J connectivity index is 2.58. The molecule has 0 aliphatic carbocycles. The van der Waals surface area contributed by atoms with E-state index in [4.69, 9.17) is 23.2 Å². The van der Waals surface area contributed by atoms with E-state index in [0.29, 0.717) is 22.8 Å². The van der Waals surface area contributed by atoms with E-state index in [1.54, 1.807) is 13.0 Å². The predicted molar refractivity (Wildman–Crippen MR) is 68.0 cm³/mol. The van der Waals surface area contributed by atoms with Gasteiger partial charge in [-0.3, -0.25) is 0 Å². The number of hydrogen-bond donors (Lipinski definition) is 0. The molecule has 0 spiro atoms. The van der Waals surface area contributed by atoms with Gasteiger partial charge in [-0.15, -0.1) is 0 Å². The molecule has 0 bridgehead atoms. The fourth-order valence-electron chi connectivity index (χ4n) is 1.67. The third-order valence-electron chi connectivity index (χ3n) is 2.57. The largest absolute Gasteiger partial charge is 0.435 e. The predicted octanol–water partition coefficient (Wildman–Crippen LogP) is 4.76. The van der Waals surface area contributed by atoms with Crippen molar-refractivity contribution in [2.45, 2.75) is 19.5 Å². The Labute approximate surface area is 117 Å². The average Bonchev–Trinajstić information content (AvgIpc) is 2.72. The molecule has 0 N–H and O–H groups in total. The molecule has 19 heavy (non-hydrogen) atoms. The topological polar surface area (TPSA) is 17.8 Å². The van der Waals surface area contributed by atoms with Gasteiger partial charge in [0.1, 0.15) is 0 Å². The van der Waals surface area contributed by atoms with E-state index in [1.165, 1.54) is 16.8 Å². The molecule has 102 valence electrons. The van der Waals surface area contributed by atoms with Gasteiger partial charge in [0.15, 0.2) is 5.69 Å². The number of hydrogen-bond acceptors (Lipinski definition) is 1. The second-order valence-corrected chi connectivity index (χ2v) is 4.72. The first-order chi connectivity index (χ1) is 8.82. The molecular weight excluding hydrogens is 300 g/mol. The minimum atomic E-state index is -4.48. The molecular formula is C12H9Cl2F3N2. The maximum absolute atomic E-state index is 12.7. The number of rotatable bonds is 2. The van der Waals surface area contributed by atoms with Crippen molar-refractivity contribution in [2.24, 2.45) is 0 Å². The van der Waals surface area contributed by atoms with Crippen molar-refractivity contribution in [3.63, 3.8) is 0 Å². The van der Waals surface area contributed by atoms with Crippen molar-refractivity contribution in [1.82, 2.24) is 9.78 Å². The van der Waals surface area contributed by atoms with Crippen LogP contribution in [-0.4, -0.2) is 9.78 Å². The molecule has 2 rings (SSSR count). The highest BCUT2D eigenvalue weighted by Crippen LogP contribution is 2.31. The lowest BCUT2D eigenvalue weighted by atomic mass is 10.2. The number of aryl methyl sites for hydroxylation is 1. The normalized spacial score (nSPS) is 11.9. The monoisotopic (exact) mass is 308 g/mol. The van der Waals surface area contributed by atoms with Gasteiger partial charge in [-0.2, -0.15) is 18.3 Å². The smallest absolute Gasteiger partial charge is 0.236 e. The summed E-state index contributed by atoms with van der Waals surface area (Å²) in [6.07, 6.45) is -4.07. The standard InChI is InChI=1S/C12H9Cl2F3N2/c1-2-8-6-11(12(15,16)17)18-19(8)10-4-3-7(13)5-9(10)14/h3-6H,2H2,1H3. The van der Waals surface area contributed by atoms with Crippen molar-refractivity contribution in [1.29, 1.82) is 0 Å². The van der Waals surface area contributed by atoms with Gasteiger partial charge in [0.25, 0.3) is 0 Å². The lowest BCUT2D eigenvalue weighted by Gasteiger charge is -2.08. The first-order valence-electron chi connectivity index (χ1n) is 5.44. The van der Waals surface area contributed by atoms with Gasteiger partial charge in [0.2, 0.25) is 0 Å². The van der Waals surface area contributed by atoms with Crippen molar-refractivity contribution >= 4 is 23.2 Å². The molecule has 0 saturated heterocycles. The Morgan fingerprint density at radius 3 is 2.42 bits per heavy atom. The van der Waals surface area contributed by atoms with Crippen LogP contribution in [0.5, 0.6) is 0 Å². The first kappa shape index (κ1) is 14.2. The second kappa shape index (κ2) is 5.06. The Hall–Kier alpha value is -1.20. The fourth-order valence-corrected chi connectivity index (χ4v) is 2.16. The molecule has 0 saturated carbocycles. The molecule has 1 heterocycles. The summed E-state index contributed by atoms with van der Waals surface area (Å²) >= 11 is 11.8. The van der Waals surface area contributed by atoms with Crippen LogP contribution in [0.4, 0.5) is 13.2 Å². The van der Waals surface area contributed by atoms with Crippen LogP contribution >= 0.6 is 23.2 Å². The summed E-state index contributed by atoms with van der Waals surface area (Å²) in [6.45, 7) is 1.75. The van der Waals surface area contributed by atoms with Gasteiger partial charge in [0.05, 0.1) is 10.7 Å². The summed E-state index contributed by atoms with van der Waals surface area (Å²) in [4.78, 5) is 0. The molecule has 0 radical (unpaired) electrons. The SMILES string of the molecule is CCc1cc(C(F)(F)F)nn1-c1ccc(Cl)cc1Cl. The molecule has 0 fully saturated rings. The Morgan fingerprint density at radius 2 is 1.89 bits per heavy atom. The maximum Gasteiger partial charge on any atom is 0.435 e. The summed E-state index contributed by atoms with van der Waals surface area (Å²) in [6, 6.07) is 5.58. The Morgan fingerprint density at radius 1 is 1.21 bits per heavy atom. The number of benzene rings is 1. The van der Waals surface area contributed by atoms with E-state index in [0.717, 1.165) is 6.07 Å². The van der Waals surface area contributed by atoms with Crippen molar-refractivity contribution in [3.05, 3.63) is 45.7 Å². The third-order valence-corrected chi connectivity index (χ3v) is 3.11. The van der Waals surface area contributed by atoms with E-state index >= 15 is 0 Å². The molecule has 0 amide bonds. The van der Waals surface area contributed by atoms with Crippen LogP contribution in [0, 0.1) is 0 Å². The molecule has 1 aromatic carbocycles. The molecule has 2 aromatic rings. The second-order valence-electron chi connectivity index (χ2n) is 3.88. The summed E-state index contributed by atoms with van der Waals surface area (Å²) in [5.41, 5.74) is -0.134. The van der Waals surface area contributed by atoms with Crippen LogP contribution in [0.2, 0.25) is 10.0 Å². The molecule has 0 unspecified atom stereocenters. The highest BCUT2D eigenvalue weighted by atomic mass is 35.5. The lowest BCUT2D eigenvalue weighted by molar-refractivity contribution is -0.141. The minimum absolute atomic E-state index is 0.249. The van der Waals surface area contributed by atoms with Gasteiger partial charge in [-0.05, 0) is 30.7 Å². The number of nitrogens with zero attached hydrogens (tertiary/aromatic N) is 2. The van der Waals surface area contributed by atoms with Gasteiger partial charge >= 0.3 is 6.18 Å². The van der Waals surface area contributed by atoms with E-state index in [-0.39, 0.29) is 5.02 Å². The summed E-state index contributed by atoms with van der Waals surface area (Å²) < 4.78 is 39.2. The van der Waals surface area contributed by atoms with Crippen LogP contribution in [-0.2, 0) is 12.6 Å². The van der Waals surface area contributed by atoms with Crippen LogP contribution in [0.1, 0.15) is 18.3 Å². The highest BCUT2D eigenvalue weighted by Gasteiger charge is 2.35. The minimum Gasteiger partial charge on any atom is -0.236 e. The highest BCUT2D eigenvalue weighted by molar-refractivity contribution is 6.35. The van der Waals surface area contributed by atoms with Crippen LogP contribution < -0.4 is 0 Å². The fraction of sp³-hybridized carbons (Fsp3) is 0.250. The molecule has 7 heteroatoms. The quantitative estimate of drug-likeness (QED) is 0.782. The summed E-state index contributed by atoms with van der Waals surface area (Å²) in [5, 5.41) is 4.24. The Bertz CT molecular complexity index is 606. The lowest BCUT2D eigenvalue weighted by Crippen LogP contribution is -2.07. The van der Waals surface area contributed by atoms with Crippen LogP contribution in [0.25, 0.3) is 5.69 Å². The summed E-state index contributed by atoms with van der Waals surface area (Å²) in [7, 11) is 0. The zero-order valence-electron chi connectivity index (χ0n) is 9.80. The number of halogens is 5. The van der Waals surface area contributed by atoms with Crippen LogP contribution in [0.3, 0.4) is 0 Å². The molecule has 1 aromatic heterocycles. The summed E-state index contributed by atoms with van der Waals surface area (Å²) in [5.74, 6) is 0. The van der Waals surface area contributed by atoms with Gasteiger partial charge < -0.3 is 0 Å². The first-order valence-corrected chi connectivity index (χ1v) is 6.20. The molecule has 0 atom stereocenters. The zero-order valence-corrected chi connectivity index (χ0v) is 11.3. The van der Waals surface area contributed by atoms with Crippen molar-refractivity contribution < 1.29 is 13.2 Å². The van der Waals surface area contributed by atoms with Crippen molar-refractivity contribution in [3.8, 4) is 5.69 Å². The van der Waals surface area contributed by atoms with E-state index in [1.807, 2.05) is 0 Å². The van der Waals surface area contributed by atoms with Crippen LogP contribution in [0.15, 0.2) is 24.3 Å². The molecule has 0 aliphatic rings. The Kier molecular flexibility index (Phi) is 3.78. The third kappa shape index (κ3) is 2.87. The van der Waals surface area contributed by atoms with Crippen molar-refractivity contribution in [2.75, 3.05) is 0 Å². The van der Waals surface area contributed by atoms with E-state index in [2.05, 4.69) is 5.10 Å². The van der Waals surface area contributed by atoms with Gasteiger partial charge in [0, 0.05) is 10.7 Å². The average molecular weight is 309 g/mol. The number of alkyl halides is 3. The maximum atomic E-state index is 12.7. The van der Waals surface area contributed by atoms with E-state index < -0.39 is 11.9 Å². The van der Waals surface area contributed by atoms with Gasteiger partial charge in [-0.25, -0.2) is 4.68 Å². The molecule has 2 nitrogen and oxygen atoms in total. The van der Waals surface area contributed by atoms with Gasteiger partial charge in [-0.1, -0.05) is 30.1 Å². The number of aromatic nitrogens is 2. The van der Waals surface area contributed by atoms with E-state index in [9.17, 15) is 13.2 Å². The zero-order chi connectivity index (χ0) is 14.2. The molecule has 0 aliphatic heterocycles.